The first-order valence-corrected chi connectivity index (χ1v) is 10.9. The summed E-state index contributed by atoms with van der Waals surface area (Å²) in [4.78, 5) is 14.7. The number of morpholine rings is 1. The van der Waals surface area contributed by atoms with Gasteiger partial charge in [0.05, 0.1) is 25.5 Å². The normalized spacial score (nSPS) is 14.1. The van der Waals surface area contributed by atoms with Crippen LogP contribution in [0, 0.1) is 5.82 Å². The van der Waals surface area contributed by atoms with Gasteiger partial charge in [0.15, 0.2) is 0 Å². The summed E-state index contributed by atoms with van der Waals surface area (Å²) in [5.74, 6) is 0.129. The fourth-order valence-corrected chi connectivity index (χ4v) is 3.67. The molecular weight excluding hydrogens is 425 g/mol. The van der Waals surface area contributed by atoms with Gasteiger partial charge in [-0.1, -0.05) is 6.07 Å². The molecule has 1 aliphatic heterocycles. The van der Waals surface area contributed by atoms with Gasteiger partial charge < -0.3 is 20.1 Å². The number of benzene rings is 2. The summed E-state index contributed by atoms with van der Waals surface area (Å²) >= 11 is 0. The predicted molar refractivity (Wildman–Crippen MR) is 125 cm³/mol. The smallest absolute Gasteiger partial charge is 0.243 e. The highest BCUT2D eigenvalue weighted by atomic mass is 19.1. The molecule has 2 aromatic carbocycles. The molecule has 1 aliphatic rings. The standard InChI is InChI=1S/C24H28FN5O3/c1-29-22(7-8-27-29)21-16-20(28-24(31)17-26-19-4-2-3-18(25)15-19)5-6-23(21)33-14-11-30-9-12-32-13-10-30/h2-8,15-16,26H,9-14,17H2,1H3,(H,28,31). The molecule has 174 valence electrons. The molecule has 0 bridgehead atoms. The fourth-order valence-electron chi connectivity index (χ4n) is 3.67. The lowest BCUT2D eigenvalue weighted by molar-refractivity contribution is -0.114. The molecule has 0 unspecified atom stereocenters. The Hall–Kier alpha value is -3.43. The third kappa shape index (κ3) is 6.30. The van der Waals surface area contributed by atoms with E-state index in [1.54, 1.807) is 23.0 Å². The number of rotatable bonds is 9. The summed E-state index contributed by atoms with van der Waals surface area (Å²) in [5, 5.41) is 10.1. The van der Waals surface area contributed by atoms with Gasteiger partial charge in [0.25, 0.3) is 0 Å². The zero-order chi connectivity index (χ0) is 23.0. The summed E-state index contributed by atoms with van der Waals surface area (Å²) in [6.45, 7) is 4.71. The van der Waals surface area contributed by atoms with Crippen molar-refractivity contribution in [3.8, 4) is 17.0 Å². The first-order valence-electron chi connectivity index (χ1n) is 10.9. The summed E-state index contributed by atoms with van der Waals surface area (Å²) in [6.07, 6.45) is 1.72. The average molecular weight is 454 g/mol. The van der Waals surface area contributed by atoms with Crippen LogP contribution in [0.15, 0.2) is 54.7 Å². The van der Waals surface area contributed by atoms with E-state index in [0.717, 1.165) is 49.9 Å². The van der Waals surface area contributed by atoms with E-state index in [0.29, 0.717) is 18.0 Å². The Balaban J connectivity index is 1.41. The van der Waals surface area contributed by atoms with E-state index in [4.69, 9.17) is 9.47 Å². The van der Waals surface area contributed by atoms with E-state index in [9.17, 15) is 9.18 Å². The van der Waals surface area contributed by atoms with Crippen molar-refractivity contribution in [3.05, 3.63) is 60.5 Å². The van der Waals surface area contributed by atoms with Crippen LogP contribution in [-0.2, 0) is 16.6 Å². The molecule has 0 atom stereocenters. The molecular formula is C24H28FN5O3. The van der Waals surface area contributed by atoms with Crippen molar-refractivity contribution in [1.29, 1.82) is 0 Å². The van der Waals surface area contributed by atoms with Crippen LogP contribution in [0.3, 0.4) is 0 Å². The number of ether oxygens (including phenoxy) is 2. The van der Waals surface area contributed by atoms with E-state index in [2.05, 4.69) is 20.6 Å². The van der Waals surface area contributed by atoms with Crippen molar-refractivity contribution >= 4 is 17.3 Å². The van der Waals surface area contributed by atoms with Crippen LogP contribution in [0.1, 0.15) is 0 Å². The average Bonchev–Trinajstić information content (AvgIpc) is 3.25. The second-order valence-electron chi connectivity index (χ2n) is 7.77. The maximum absolute atomic E-state index is 13.3. The molecule has 2 heterocycles. The fraction of sp³-hybridized carbons (Fsp3) is 0.333. The molecule has 1 aromatic heterocycles. The van der Waals surface area contributed by atoms with Crippen LogP contribution in [0.2, 0.25) is 0 Å². The van der Waals surface area contributed by atoms with Gasteiger partial charge in [-0.2, -0.15) is 5.10 Å². The summed E-state index contributed by atoms with van der Waals surface area (Å²) in [5.41, 5.74) is 2.90. The van der Waals surface area contributed by atoms with Crippen LogP contribution in [0.5, 0.6) is 5.75 Å². The molecule has 0 spiro atoms. The molecule has 2 N–H and O–H groups in total. The van der Waals surface area contributed by atoms with Crippen molar-refractivity contribution in [3.63, 3.8) is 0 Å². The molecule has 33 heavy (non-hydrogen) atoms. The number of nitrogens with zero attached hydrogens (tertiary/aromatic N) is 3. The topological polar surface area (TPSA) is 80.7 Å². The molecule has 1 fully saturated rings. The number of carbonyl (C=O) groups is 1. The van der Waals surface area contributed by atoms with Gasteiger partial charge >= 0.3 is 0 Å². The lowest BCUT2D eigenvalue weighted by Crippen LogP contribution is -2.38. The molecule has 1 saturated heterocycles. The van der Waals surface area contributed by atoms with E-state index >= 15 is 0 Å². The third-order valence-corrected chi connectivity index (χ3v) is 5.41. The molecule has 9 heteroatoms. The number of hydrogen-bond donors (Lipinski definition) is 2. The minimum absolute atomic E-state index is 0.0162. The van der Waals surface area contributed by atoms with Crippen LogP contribution in [0.4, 0.5) is 15.8 Å². The molecule has 4 rings (SSSR count). The lowest BCUT2D eigenvalue weighted by atomic mass is 10.1. The summed E-state index contributed by atoms with van der Waals surface area (Å²) in [6, 6.07) is 13.4. The Morgan fingerprint density at radius 1 is 1.15 bits per heavy atom. The number of aryl methyl sites for hydroxylation is 1. The number of halogens is 1. The Bertz CT molecular complexity index is 1080. The Labute approximate surface area is 192 Å². The van der Waals surface area contributed by atoms with Crippen LogP contribution >= 0.6 is 0 Å². The Kier molecular flexibility index (Phi) is 7.54. The predicted octanol–water partition coefficient (Wildman–Crippen LogP) is 2.99. The van der Waals surface area contributed by atoms with Gasteiger partial charge in [0.2, 0.25) is 5.91 Å². The number of amides is 1. The summed E-state index contributed by atoms with van der Waals surface area (Å²) in [7, 11) is 1.86. The molecule has 8 nitrogen and oxygen atoms in total. The van der Waals surface area contributed by atoms with E-state index in [1.807, 2.05) is 31.3 Å². The van der Waals surface area contributed by atoms with Gasteiger partial charge in [-0.25, -0.2) is 4.39 Å². The number of carbonyl (C=O) groups excluding carboxylic acids is 1. The molecule has 0 saturated carbocycles. The molecule has 0 aliphatic carbocycles. The minimum Gasteiger partial charge on any atom is -0.492 e. The highest BCUT2D eigenvalue weighted by Gasteiger charge is 2.14. The number of anilines is 2. The van der Waals surface area contributed by atoms with Crippen molar-refractivity contribution in [2.75, 3.05) is 56.6 Å². The van der Waals surface area contributed by atoms with Crippen LogP contribution < -0.4 is 15.4 Å². The van der Waals surface area contributed by atoms with E-state index < -0.39 is 0 Å². The molecule has 1 amide bonds. The summed E-state index contributed by atoms with van der Waals surface area (Å²) < 4.78 is 26.6. The Morgan fingerprint density at radius 2 is 2.00 bits per heavy atom. The highest BCUT2D eigenvalue weighted by Crippen LogP contribution is 2.32. The second kappa shape index (κ2) is 10.9. The first-order chi connectivity index (χ1) is 16.1. The Morgan fingerprint density at radius 3 is 2.76 bits per heavy atom. The van der Waals surface area contributed by atoms with E-state index in [-0.39, 0.29) is 18.3 Å². The zero-order valence-electron chi connectivity index (χ0n) is 18.6. The third-order valence-electron chi connectivity index (χ3n) is 5.41. The highest BCUT2D eigenvalue weighted by molar-refractivity contribution is 5.94. The maximum Gasteiger partial charge on any atom is 0.243 e. The number of aromatic nitrogens is 2. The monoisotopic (exact) mass is 453 g/mol. The van der Waals surface area contributed by atoms with E-state index in [1.165, 1.54) is 12.1 Å². The van der Waals surface area contributed by atoms with Crippen molar-refractivity contribution in [2.45, 2.75) is 0 Å². The van der Waals surface area contributed by atoms with Crippen LogP contribution in [-0.4, -0.2) is 66.6 Å². The largest absolute Gasteiger partial charge is 0.492 e. The molecule has 3 aromatic rings. The minimum atomic E-state index is -0.356. The second-order valence-corrected chi connectivity index (χ2v) is 7.77. The van der Waals surface area contributed by atoms with Crippen molar-refractivity contribution in [1.82, 2.24) is 14.7 Å². The SMILES string of the molecule is Cn1nccc1-c1cc(NC(=O)CNc2cccc(F)c2)ccc1OCCN1CCOCC1. The van der Waals surface area contributed by atoms with Gasteiger partial charge in [0.1, 0.15) is 18.2 Å². The van der Waals surface area contributed by atoms with Crippen LogP contribution in [0.25, 0.3) is 11.3 Å². The number of nitrogens with one attached hydrogen (secondary N) is 2. The zero-order valence-corrected chi connectivity index (χ0v) is 18.6. The molecule has 0 radical (unpaired) electrons. The lowest BCUT2D eigenvalue weighted by Gasteiger charge is -2.26. The quantitative estimate of drug-likeness (QED) is 0.519. The number of hydrogen-bond acceptors (Lipinski definition) is 6. The maximum atomic E-state index is 13.3. The van der Waals surface area contributed by atoms with Gasteiger partial charge in [0, 0.05) is 49.8 Å². The van der Waals surface area contributed by atoms with Crippen molar-refractivity contribution in [2.24, 2.45) is 7.05 Å². The van der Waals surface area contributed by atoms with Gasteiger partial charge in [-0.05, 0) is 42.5 Å². The van der Waals surface area contributed by atoms with Gasteiger partial charge in [-0.15, -0.1) is 0 Å². The van der Waals surface area contributed by atoms with Crippen molar-refractivity contribution < 1.29 is 18.7 Å². The first kappa shape index (κ1) is 22.8. The van der Waals surface area contributed by atoms with Gasteiger partial charge in [-0.3, -0.25) is 14.4 Å².